The van der Waals surface area contributed by atoms with E-state index in [2.05, 4.69) is 26.0 Å². The van der Waals surface area contributed by atoms with Gasteiger partial charge >= 0.3 is 0 Å². The topological polar surface area (TPSA) is 80.7 Å². The SMILES string of the molecule is CC[C@H](C)C(=O)[C@@]12C(=O)C3=C(O[C@H](C(C)(C)O)C3)[C@@](C)(C[C@H](CC=C(C)C)[C@@]1(C)CCC=C(C)C)C2=O. The van der Waals surface area contributed by atoms with Gasteiger partial charge in [0.15, 0.2) is 22.8 Å². The molecule has 2 aliphatic carbocycles. The van der Waals surface area contributed by atoms with Crippen LogP contribution in [-0.4, -0.2) is 34.2 Å². The van der Waals surface area contributed by atoms with Crippen molar-refractivity contribution in [2.24, 2.45) is 28.1 Å². The number of ketones is 3. The van der Waals surface area contributed by atoms with Gasteiger partial charge < -0.3 is 9.84 Å². The van der Waals surface area contributed by atoms with Gasteiger partial charge in [0.2, 0.25) is 0 Å². The van der Waals surface area contributed by atoms with E-state index in [0.717, 1.165) is 0 Å². The Bertz CT molecular complexity index is 1060. The molecular weight excluding hydrogens is 464 g/mol. The lowest BCUT2D eigenvalue weighted by atomic mass is 9.38. The Kier molecular flexibility index (Phi) is 7.94. The Hall–Kier alpha value is -2.01. The fourth-order valence-corrected chi connectivity index (χ4v) is 6.99. The molecule has 1 fully saturated rings. The van der Waals surface area contributed by atoms with Gasteiger partial charge in [0, 0.05) is 17.9 Å². The van der Waals surface area contributed by atoms with Gasteiger partial charge in [0.25, 0.3) is 0 Å². The van der Waals surface area contributed by atoms with Crippen LogP contribution in [0.2, 0.25) is 0 Å². The molecule has 1 saturated carbocycles. The highest BCUT2D eigenvalue weighted by Crippen LogP contribution is 2.68. The van der Waals surface area contributed by atoms with Gasteiger partial charge in [0.05, 0.1) is 11.0 Å². The molecule has 0 aromatic heterocycles. The monoisotopic (exact) mass is 512 g/mol. The maximum absolute atomic E-state index is 14.8. The molecule has 5 heteroatoms. The number of ether oxygens (including phenoxy) is 1. The molecule has 6 atom stereocenters. The summed E-state index contributed by atoms with van der Waals surface area (Å²) in [5.41, 5.74) is -2.07. The Balaban J connectivity index is 2.34. The first kappa shape index (κ1) is 29.5. The highest BCUT2D eigenvalue weighted by atomic mass is 16.5. The molecule has 1 heterocycles. The third-order valence-corrected chi connectivity index (χ3v) is 9.54. The highest BCUT2D eigenvalue weighted by molar-refractivity contribution is 6.33. The number of allylic oxidation sites excluding steroid dienone is 5. The maximum Gasteiger partial charge on any atom is 0.184 e. The minimum absolute atomic E-state index is 0.0635. The second-order valence-electron chi connectivity index (χ2n) is 13.3. The van der Waals surface area contributed by atoms with Crippen LogP contribution in [0.3, 0.4) is 0 Å². The largest absolute Gasteiger partial charge is 0.490 e. The second kappa shape index (κ2) is 9.94. The van der Waals surface area contributed by atoms with Crippen LogP contribution in [0, 0.1) is 28.1 Å². The molecule has 0 aromatic carbocycles. The first-order valence-corrected chi connectivity index (χ1v) is 14.0. The average molecular weight is 513 g/mol. The summed E-state index contributed by atoms with van der Waals surface area (Å²) in [6, 6.07) is 0. The van der Waals surface area contributed by atoms with Crippen molar-refractivity contribution in [2.45, 2.75) is 119 Å². The third kappa shape index (κ3) is 4.49. The molecule has 0 aromatic rings. The minimum atomic E-state index is -1.75. The number of rotatable bonds is 9. The van der Waals surface area contributed by atoms with Crippen LogP contribution in [0.15, 0.2) is 34.6 Å². The number of carbonyl (C=O) groups is 3. The zero-order valence-corrected chi connectivity index (χ0v) is 24.7. The van der Waals surface area contributed by atoms with E-state index in [0.29, 0.717) is 43.4 Å². The predicted molar refractivity (Wildman–Crippen MR) is 147 cm³/mol. The predicted octanol–water partition coefficient (Wildman–Crippen LogP) is 6.69. The highest BCUT2D eigenvalue weighted by Gasteiger charge is 2.76. The van der Waals surface area contributed by atoms with Crippen molar-refractivity contribution >= 4 is 17.3 Å². The zero-order chi connectivity index (χ0) is 28.1. The van der Waals surface area contributed by atoms with E-state index in [1.54, 1.807) is 13.8 Å². The summed E-state index contributed by atoms with van der Waals surface area (Å²) in [7, 11) is 0. The van der Waals surface area contributed by atoms with Gasteiger partial charge in [-0.2, -0.15) is 0 Å². The van der Waals surface area contributed by atoms with Crippen LogP contribution < -0.4 is 0 Å². The van der Waals surface area contributed by atoms with E-state index < -0.39 is 33.9 Å². The Labute approximate surface area is 223 Å². The number of carbonyl (C=O) groups excluding carboxylic acids is 3. The number of aliphatic hydroxyl groups is 1. The average Bonchev–Trinajstić information content (AvgIpc) is 3.26. The van der Waals surface area contributed by atoms with Crippen LogP contribution >= 0.6 is 0 Å². The summed E-state index contributed by atoms with van der Waals surface area (Å²) in [4.78, 5) is 44.0. The fraction of sp³-hybridized carbons (Fsp3) is 0.719. The van der Waals surface area contributed by atoms with Gasteiger partial charge in [-0.05, 0) is 91.9 Å². The summed E-state index contributed by atoms with van der Waals surface area (Å²) >= 11 is 0. The molecule has 0 unspecified atom stereocenters. The van der Waals surface area contributed by atoms with E-state index in [1.165, 1.54) is 11.1 Å². The molecule has 206 valence electrons. The molecular formula is C32H48O5. The van der Waals surface area contributed by atoms with Crippen molar-refractivity contribution in [2.75, 3.05) is 0 Å². The molecule has 1 N–H and O–H groups in total. The Morgan fingerprint density at radius 1 is 1.14 bits per heavy atom. The summed E-state index contributed by atoms with van der Waals surface area (Å²) in [5, 5.41) is 10.8. The molecule has 37 heavy (non-hydrogen) atoms. The van der Waals surface area contributed by atoms with Crippen molar-refractivity contribution in [3.63, 3.8) is 0 Å². The van der Waals surface area contributed by atoms with Crippen molar-refractivity contribution in [3.05, 3.63) is 34.6 Å². The normalized spacial score (nSPS) is 34.0. The van der Waals surface area contributed by atoms with E-state index in [9.17, 15) is 19.5 Å². The summed E-state index contributed by atoms with van der Waals surface area (Å²) in [5.74, 6) is -0.989. The smallest absolute Gasteiger partial charge is 0.184 e. The van der Waals surface area contributed by atoms with Crippen molar-refractivity contribution in [3.8, 4) is 0 Å². The molecule has 3 rings (SSSR count). The van der Waals surface area contributed by atoms with Crippen molar-refractivity contribution < 1.29 is 24.2 Å². The molecule has 5 nitrogen and oxygen atoms in total. The zero-order valence-electron chi connectivity index (χ0n) is 24.7. The minimum Gasteiger partial charge on any atom is -0.490 e. The van der Waals surface area contributed by atoms with Gasteiger partial charge in [0.1, 0.15) is 11.9 Å². The fourth-order valence-electron chi connectivity index (χ4n) is 6.99. The van der Waals surface area contributed by atoms with Crippen molar-refractivity contribution in [1.82, 2.24) is 0 Å². The van der Waals surface area contributed by atoms with Crippen molar-refractivity contribution in [1.29, 1.82) is 0 Å². The van der Waals surface area contributed by atoms with E-state index >= 15 is 0 Å². The third-order valence-electron chi connectivity index (χ3n) is 9.54. The number of Topliss-reactive ketones (excluding diaryl/α,β-unsaturated/α-hetero) is 3. The molecule has 3 aliphatic rings. The molecule has 0 radical (unpaired) electrons. The quantitative estimate of drug-likeness (QED) is 0.275. The van der Waals surface area contributed by atoms with Crippen LogP contribution in [0.4, 0.5) is 0 Å². The lowest BCUT2D eigenvalue weighted by molar-refractivity contribution is -0.180. The second-order valence-corrected chi connectivity index (χ2v) is 13.3. The lowest BCUT2D eigenvalue weighted by Gasteiger charge is -2.60. The van der Waals surface area contributed by atoms with Gasteiger partial charge in [-0.15, -0.1) is 0 Å². The molecule has 0 spiro atoms. The summed E-state index contributed by atoms with van der Waals surface area (Å²) in [6.07, 6.45) is 6.96. The van der Waals surface area contributed by atoms with Crippen LogP contribution in [0.5, 0.6) is 0 Å². The van der Waals surface area contributed by atoms with Gasteiger partial charge in [-0.25, -0.2) is 0 Å². The molecule has 2 bridgehead atoms. The van der Waals surface area contributed by atoms with E-state index in [-0.39, 0.29) is 29.7 Å². The van der Waals surface area contributed by atoms with E-state index in [4.69, 9.17) is 4.74 Å². The Morgan fingerprint density at radius 2 is 1.73 bits per heavy atom. The number of hydrogen-bond acceptors (Lipinski definition) is 5. The van der Waals surface area contributed by atoms with Gasteiger partial charge in [-0.3, -0.25) is 14.4 Å². The number of hydrogen-bond donors (Lipinski definition) is 1. The van der Waals surface area contributed by atoms with Crippen LogP contribution in [-0.2, 0) is 19.1 Å². The maximum atomic E-state index is 14.8. The van der Waals surface area contributed by atoms with E-state index in [1.807, 2.05) is 41.5 Å². The Morgan fingerprint density at radius 3 is 2.24 bits per heavy atom. The molecule has 0 saturated heterocycles. The molecule has 0 amide bonds. The first-order chi connectivity index (χ1) is 17.0. The first-order valence-electron chi connectivity index (χ1n) is 14.0. The van der Waals surface area contributed by atoms with Gasteiger partial charge in [-0.1, -0.05) is 44.1 Å². The number of fused-ring (bicyclic) bond motifs is 3. The standard InChI is InChI=1S/C32H48O5/c1-11-21(6)25(33)32-26(34)23-17-24(29(7,8)36)37-27(23)30(9,28(32)35)18-22(15-14-20(4)5)31(32,10)16-12-13-19(2)3/h13-14,21-22,24,36H,11-12,15-18H2,1-10H3/t21-,22-,24-,30+,31+,32-/m0/s1. The summed E-state index contributed by atoms with van der Waals surface area (Å²) < 4.78 is 6.28. The molecule has 1 aliphatic heterocycles. The van der Waals surface area contributed by atoms with Crippen LogP contribution in [0.25, 0.3) is 0 Å². The lowest BCUT2D eigenvalue weighted by Crippen LogP contribution is -2.70. The summed E-state index contributed by atoms with van der Waals surface area (Å²) in [6.45, 7) is 19.2. The van der Waals surface area contributed by atoms with Crippen LogP contribution in [0.1, 0.15) is 108 Å².